The Kier molecular flexibility index (Phi) is 4.21. The lowest BCUT2D eigenvalue weighted by Gasteiger charge is -2.30. The Morgan fingerprint density at radius 2 is 1.83 bits per heavy atom. The molecule has 0 radical (unpaired) electrons. The summed E-state index contributed by atoms with van der Waals surface area (Å²) in [5.41, 5.74) is 2.41. The molecule has 2 atom stereocenters. The largest absolute Gasteiger partial charge is 0.299 e. The van der Waals surface area contributed by atoms with Crippen molar-refractivity contribution >= 4 is 5.78 Å². The summed E-state index contributed by atoms with van der Waals surface area (Å²) in [5, 5.41) is 0. The lowest BCUT2D eigenvalue weighted by atomic mass is 9.74. The number of ketones is 1. The van der Waals surface area contributed by atoms with Gasteiger partial charge in [0.25, 0.3) is 0 Å². The Morgan fingerprint density at radius 1 is 1.17 bits per heavy atom. The molecule has 1 saturated carbocycles. The second-order valence-electron chi connectivity index (χ2n) is 6.25. The maximum atomic E-state index is 12.4. The number of carbonyl (C=O) groups is 1. The van der Waals surface area contributed by atoms with E-state index in [0.29, 0.717) is 30.0 Å². The van der Waals surface area contributed by atoms with Crippen LogP contribution in [0.1, 0.15) is 44.2 Å². The number of rotatable bonds is 3. The minimum absolute atomic E-state index is 0.296. The molecule has 2 rings (SSSR count). The molecule has 2 unspecified atom stereocenters. The first kappa shape index (κ1) is 13.3. The Labute approximate surface area is 111 Å². The summed E-state index contributed by atoms with van der Waals surface area (Å²) in [4.78, 5) is 12.4. The third-order valence-corrected chi connectivity index (χ3v) is 4.09. The lowest BCUT2D eigenvalue weighted by molar-refractivity contribution is -0.124. The molecule has 1 heteroatoms. The Morgan fingerprint density at radius 3 is 2.44 bits per heavy atom. The minimum Gasteiger partial charge on any atom is -0.299 e. The van der Waals surface area contributed by atoms with Gasteiger partial charge in [0, 0.05) is 12.3 Å². The van der Waals surface area contributed by atoms with Gasteiger partial charge in [-0.3, -0.25) is 4.79 Å². The van der Waals surface area contributed by atoms with Gasteiger partial charge < -0.3 is 0 Å². The summed E-state index contributed by atoms with van der Waals surface area (Å²) in [7, 11) is 0. The molecule has 0 saturated heterocycles. The maximum Gasteiger partial charge on any atom is 0.140 e. The van der Waals surface area contributed by atoms with Gasteiger partial charge in [0.05, 0.1) is 0 Å². The van der Waals surface area contributed by atoms with E-state index in [-0.39, 0.29) is 0 Å². The summed E-state index contributed by atoms with van der Waals surface area (Å²) in [6, 6.07) is 8.33. The highest BCUT2D eigenvalue weighted by Gasteiger charge is 2.28. The topological polar surface area (TPSA) is 17.1 Å². The third-order valence-electron chi connectivity index (χ3n) is 4.09. The molecule has 18 heavy (non-hydrogen) atoms. The second-order valence-corrected chi connectivity index (χ2v) is 6.25. The van der Waals surface area contributed by atoms with Gasteiger partial charge in [-0.2, -0.15) is 0 Å². The standard InChI is InChI=1S/C17H24O/c1-12-5-4-6-15(8-12)11-17(18)16-9-13(2)7-14(3)10-16/h4-6,8,13-14,16H,7,9-11H2,1-3H3. The fraction of sp³-hybridized carbons (Fsp3) is 0.588. The third kappa shape index (κ3) is 3.44. The number of benzene rings is 1. The highest BCUT2D eigenvalue weighted by Crippen LogP contribution is 2.33. The quantitative estimate of drug-likeness (QED) is 0.779. The smallest absolute Gasteiger partial charge is 0.140 e. The number of aryl methyl sites for hydroxylation is 1. The van der Waals surface area contributed by atoms with Crippen molar-refractivity contribution in [3.8, 4) is 0 Å². The fourth-order valence-electron chi connectivity index (χ4n) is 3.38. The molecule has 0 spiro atoms. The number of hydrogen-bond donors (Lipinski definition) is 0. The van der Waals surface area contributed by atoms with Crippen LogP contribution in [-0.4, -0.2) is 5.78 Å². The van der Waals surface area contributed by atoms with Gasteiger partial charge in [-0.1, -0.05) is 43.7 Å². The molecule has 0 aliphatic heterocycles. The van der Waals surface area contributed by atoms with E-state index in [9.17, 15) is 4.79 Å². The van der Waals surface area contributed by atoms with Crippen molar-refractivity contribution in [2.75, 3.05) is 0 Å². The summed E-state index contributed by atoms with van der Waals surface area (Å²) >= 11 is 0. The van der Waals surface area contributed by atoms with Crippen molar-refractivity contribution in [3.05, 3.63) is 35.4 Å². The van der Waals surface area contributed by atoms with Crippen molar-refractivity contribution in [2.24, 2.45) is 17.8 Å². The average molecular weight is 244 g/mol. The van der Waals surface area contributed by atoms with E-state index in [1.165, 1.54) is 17.5 Å². The summed E-state index contributed by atoms with van der Waals surface area (Å²) in [6.45, 7) is 6.64. The summed E-state index contributed by atoms with van der Waals surface area (Å²) < 4.78 is 0. The maximum absolute atomic E-state index is 12.4. The predicted octanol–water partition coefficient (Wildman–Crippen LogP) is 4.18. The van der Waals surface area contributed by atoms with Crippen molar-refractivity contribution in [1.29, 1.82) is 0 Å². The average Bonchev–Trinajstić information content (AvgIpc) is 2.27. The molecule has 1 aromatic rings. The molecule has 0 aromatic heterocycles. The molecular formula is C17H24O. The van der Waals surface area contributed by atoms with Crippen LogP contribution >= 0.6 is 0 Å². The van der Waals surface area contributed by atoms with Gasteiger partial charge in [-0.15, -0.1) is 0 Å². The van der Waals surface area contributed by atoms with Crippen LogP contribution in [0.3, 0.4) is 0 Å². The Hall–Kier alpha value is -1.11. The van der Waals surface area contributed by atoms with E-state index in [1.807, 2.05) is 6.07 Å². The SMILES string of the molecule is Cc1cccc(CC(=O)C2CC(C)CC(C)C2)c1. The molecule has 1 aliphatic rings. The molecule has 1 nitrogen and oxygen atoms in total. The van der Waals surface area contributed by atoms with Crippen LogP contribution in [0.5, 0.6) is 0 Å². The molecule has 1 fully saturated rings. The van der Waals surface area contributed by atoms with E-state index >= 15 is 0 Å². The van der Waals surface area contributed by atoms with Crippen molar-refractivity contribution < 1.29 is 4.79 Å². The van der Waals surface area contributed by atoms with Gasteiger partial charge in [0.15, 0.2) is 0 Å². The fourth-order valence-corrected chi connectivity index (χ4v) is 3.38. The predicted molar refractivity (Wildman–Crippen MR) is 75.6 cm³/mol. The van der Waals surface area contributed by atoms with Crippen molar-refractivity contribution in [2.45, 2.75) is 46.5 Å². The van der Waals surface area contributed by atoms with E-state index in [1.54, 1.807) is 0 Å². The zero-order valence-electron chi connectivity index (χ0n) is 11.8. The van der Waals surface area contributed by atoms with Gasteiger partial charge in [-0.05, 0) is 43.6 Å². The van der Waals surface area contributed by atoms with Crippen LogP contribution in [0.4, 0.5) is 0 Å². The molecular weight excluding hydrogens is 220 g/mol. The number of hydrogen-bond acceptors (Lipinski definition) is 1. The highest BCUT2D eigenvalue weighted by molar-refractivity contribution is 5.83. The van der Waals surface area contributed by atoms with Gasteiger partial charge in [-0.25, -0.2) is 0 Å². The number of carbonyl (C=O) groups excluding carboxylic acids is 1. The normalized spacial score (nSPS) is 28.1. The van der Waals surface area contributed by atoms with Crippen molar-refractivity contribution in [1.82, 2.24) is 0 Å². The Bertz CT molecular complexity index is 411. The summed E-state index contributed by atoms with van der Waals surface area (Å²) in [6.07, 6.45) is 4.09. The van der Waals surface area contributed by atoms with Gasteiger partial charge >= 0.3 is 0 Å². The van der Waals surface area contributed by atoms with E-state index in [4.69, 9.17) is 0 Å². The molecule has 0 amide bonds. The minimum atomic E-state index is 0.296. The molecule has 0 heterocycles. The summed E-state index contributed by atoms with van der Waals surface area (Å²) in [5.74, 6) is 2.16. The van der Waals surface area contributed by atoms with E-state index < -0.39 is 0 Å². The zero-order valence-corrected chi connectivity index (χ0v) is 11.8. The van der Waals surface area contributed by atoms with Crippen LogP contribution in [0.25, 0.3) is 0 Å². The molecule has 0 bridgehead atoms. The van der Waals surface area contributed by atoms with Crippen molar-refractivity contribution in [3.63, 3.8) is 0 Å². The van der Waals surface area contributed by atoms with E-state index in [0.717, 1.165) is 12.8 Å². The number of Topliss-reactive ketones (excluding diaryl/α,β-unsaturated/α-hetero) is 1. The molecule has 1 aliphatic carbocycles. The molecule has 1 aromatic carbocycles. The van der Waals surface area contributed by atoms with Gasteiger partial charge in [0.1, 0.15) is 5.78 Å². The highest BCUT2D eigenvalue weighted by atomic mass is 16.1. The zero-order chi connectivity index (χ0) is 13.1. The van der Waals surface area contributed by atoms with Crippen LogP contribution in [0.2, 0.25) is 0 Å². The van der Waals surface area contributed by atoms with Crippen LogP contribution in [0, 0.1) is 24.7 Å². The first-order chi connectivity index (χ1) is 8.54. The van der Waals surface area contributed by atoms with Crippen LogP contribution in [-0.2, 0) is 11.2 Å². The first-order valence-electron chi connectivity index (χ1n) is 7.13. The second kappa shape index (κ2) is 5.69. The first-order valence-corrected chi connectivity index (χ1v) is 7.13. The molecule has 98 valence electrons. The lowest BCUT2D eigenvalue weighted by Crippen LogP contribution is -2.27. The van der Waals surface area contributed by atoms with Crippen LogP contribution in [0.15, 0.2) is 24.3 Å². The van der Waals surface area contributed by atoms with Gasteiger partial charge in [0.2, 0.25) is 0 Å². The van der Waals surface area contributed by atoms with E-state index in [2.05, 4.69) is 39.0 Å². The van der Waals surface area contributed by atoms with Crippen LogP contribution < -0.4 is 0 Å². The monoisotopic (exact) mass is 244 g/mol. The Balaban J connectivity index is 1.99. The molecule has 0 N–H and O–H groups in total.